The third kappa shape index (κ3) is 10.5. The minimum atomic E-state index is -0.612. The van der Waals surface area contributed by atoms with Crippen LogP contribution in [-0.2, 0) is 17.6 Å². The van der Waals surface area contributed by atoms with Crippen molar-refractivity contribution in [2.45, 2.75) is 38.5 Å². The smallest absolute Gasteiger partial charge is 0.294 e. The van der Waals surface area contributed by atoms with E-state index in [4.69, 9.17) is 9.47 Å². The minimum Gasteiger partial charge on any atom is -0.496 e. The number of rotatable bonds is 10. The Kier molecular flexibility index (Phi) is 15.2. The number of nitrogens with one attached hydrogen (secondary N) is 3. The number of hydrogen-bond donors (Lipinski definition) is 3. The molecule has 3 N–H and O–H groups in total. The van der Waals surface area contributed by atoms with Gasteiger partial charge in [-0.15, -0.1) is 0 Å². The Hall–Kier alpha value is -5.44. The molecule has 2 aliphatic heterocycles. The first-order valence-corrected chi connectivity index (χ1v) is 22.2. The predicted octanol–water partition coefficient (Wildman–Crippen LogP) is 7.77. The number of carbonyl (C=O) groups is 4. The molecule has 318 valence electrons. The van der Waals surface area contributed by atoms with Crippen molar-refractivity contribution in [3.05, 3.63) is 104 Å². The molecule has 2 fully saturated rings. The summed E-state index contributed by atoms with van der Waals surface area (Å²) >= 11 is 3.47. The van der Waals surface area contributed by atoms with E-state index in [1.807, 2.05) is 48.3 Å². The number of aromatic nitrogens is 2. The molecule has 12 nitrogen and oxygen atoms in total. The van der Waals surface area contributed by atoms with Crippen molar-refractivity contribution in [3.63, 3.8) is 0 Å². The van der Waals surface area contributed by atoms with Crippen molar-refractivity contribution in [1.82, 2.24) is 30.0 Å². The Bertz CT molecular complexity index is 2350. The second kappa shape index (κ2) is 20.7. The van der Waals surface area contributed by atoms with Gasteiger partial charge in [0.2, 0.25) is 0 Å². The number of H-pyrrole nitrogens is 2. The van der Waals surface area contributed by atoms with Crippen LogP contribution in [0, 0.1) is 11.8 Å². The lowest BCUT2D eigenvalue weighted by molar-refractivity contribution is -0.124. The minimum absolute atomic E-state index is 0.0777. The van der Waals surface area contributed by atoms with Crippen molar-refractivity contribution in [2.75, 3.05) is 68.6 Å². The summed E-state index contributed by atoms with van der Waals surface area (Å²) < 4.78 is 10.9. The van der Waals surface area contributed by atoms with Crippen LogP contribution in [0.5, 0.6) is 11.5 Å². The van der Waals surface area contributed by atoms with Gasteiger partial charge in [-0.25, -0.2) is 0 Å². The summed E-state index contributed by atoms with van der Waals surface area (Å²) in [5, 5.41) is 13.0. The van der Waals surface area contributed by atoms with Gasteiger partial charge in [0.25, 0.3) is 23.5 Å². The van der Waals surface area contributed by atoms with Crippen LogP contribution in [0.25, 0.3) is 21.8 Å². The quantitative estimate of drug-likeness (QED) is 0.0946. The van der Waals surface area contributed by atoms with Gasteiger partial charge >= 0.3 is 0 Å². The molecule has 6 aromatic rings. The predicted molar refractivity (Wildman–Crippen MR) is 241 cm³/mol. The molecular weight excluding hydrogens is 797 g/mol. The molecule has 14 heteroatoms. The third-order valence-electron chi connectivity index (χ3n) is 11.2. The third-order valence-corrected chi connectivity index (χ3v) is 12.7. The molecule has 4 aromatic heterocycles. The van der Waals surface area contributed by atoms with Crippen molar-refractivity contribution in [2.24, 2.45) is 11.8 Å². The summed E-state index contributed by atoms with van der Waals surface area (Å²) in [4.78, 5) is 62.4. The van der Waals surface area contributed by atoms with Crippen LogP contribution < -0.4 is 14.8 Å². The molecule has 60 heavy (non-hydrogen) atoms. The van der Waals surface area contributed by atoms with Gasteiger partial charge in [-0.3, -0.25) is 19.2 Å². The average molecular weight is 853 g/mol. The summed E-state index contributed by atoms with van der Waals surface area (Å²) in [5.41, 5.74) is 5.74. The van der Waals surface area contributed by atoms with Gasteiger partial charge in [0.1, 0.15) is 11.5 Å². The first-order chi connectivity index (χ1) is 29.0. The van der Waals surface area contributed by atoms with Crippen LogP contribution in [0.1, 0.15) is 67.9 Å². The number of methoxy groups -OCH3 is 2. The number of amides is 3. The lowest BCUT2D eigenvalue weighted by Crippen LogP contribution is -2.39. The Morgan fingerprint density at radius 2 is 1.22 bits per heavy atom. The number of Topliss-reactive ketones (excluding diaryl/α,β-unsaturated/α-hetero) is 1. The van der Waals surface area contributed by atoms with E-state index in [1.165, 1.54) is 43.4 Å². The van der Waals surface area contributed by atoms with Crippen molar-refractivity contribution < 1.29 is 28.7 Å². The van der Waals surface area contributed by atoms with E-state index >= 15 is 0 Å². The van der Waals surface area contributed by atoms with Gasteiger partial charge in [0.15, 0.2) is 0 Å². The summed E-state index contributed by atoms with van der Waals surface area (Å²) in [6, 6.07) is 13.6. The number of fused-ring (bicyclic) bond motifs is 2. The molecule has 0 spiro atoms. The van der Waals surface area contributed by atoms with E-state index in [-0.39, 0.29) is 17.4 Å². The fourth-order valence-electron chi connectivity index (χ4n) is 7.91. The van der Waals surface area contributed by atoms with Gasteiger partial charge in [-0.1, -0.05) is 0 Å². The maximum Gasteiger partial charge on any atom is 0.294 e. The highest BCUT2D eigenvalue weighted by molar-refractivity contribution is 7.08. The summed E-state index contributed by atoms with van der Waals surface area (Å²) in [7, 11) is 9.97. The molecule has 0 aliphatic carbocycles. The molecule has 0 unspecified atom stereocenters. The molecule has 2 saturated heterocycles. The molecule has 6 heterocycles. The Labute approximate surface area is 359 Å². The highest BCUT2D eigenvalue weighted by atomic mass is 32.1. The van der Waals surface area contributed by atoms with Gasteiger partial charge in [0.05, 0.1) is 30.9 Å². The summed E-state index contributed by atoms with van der Waals surface area (Å²) in [5.74, 6) is 1.08. The lowest BCUT2D eigenvalue weighted by Gasteiger charge is -2.32. The van der Waals surface area contributed by atoms with Crippen LogP contribution >= 0.6 is 22.7 Å². The van der Waals surface area contributed by atoms with E-state index in [0.29, 0.717) is 58.5 Å². The molecule has 3 amide bonds. The highest BCUT2D eigenvalue weighted by Gasteiger charge is 2.29. The van der Waals surface area contributed by atoms with Crippen LogP contribution in [0.3, 0.4) is 0 Å². The van der Waals surface area contributed by atoms with E-state index in [9.17, 15) is 19.2 Å². The number of likely N-dealkylation sites (N-methyl/N-ethyl adjacent to an activating group) is 1. The SMILES string of the molecule is CNC.COc1cc2[nH]cc(C(=O)C(=O)N(C)C)c2cc1C(=O)N1CCC(Cc2ccsc2)CC1.COc1cc2[nH]ccc2cc1C(=O)N1CCC(Cc2ccsc2)CC1. The molecule has 0 bridgehead atoms. The van der Waals surface area contributed by atoms with Crippen LogP contribution in [0.15, 0.2) is 76.4 Å². The number of thiophene rings is 2. The topological polar surface area (TPSA) is 140 Å². The molecule has 0 radical (unpaired) electrons. The van der Waals surface area contributed by atoms with Crippen molar-refractivity contribution in [1.29, 1.82) is 0 Å². The Morgan fingerprint density at radius 1 is 0.717 bits per heavy atom. The number of ketones is 1. The number of nitrogens with zero attached hydrogens (tertiary/aromatic N) is 3. The number of piperidine rings is 2. The highest BCUT2D eigenvalue weighted by Crippen LogP contribution is 2.32. The number of carbonyl (C=O) groups excluding carboxylic acids is 4. The van der Waals surface area contributed by atoms with E-state index in [1.54, 1.807) is 41.9 Å². The van der Waals surface area contributed by atoms with Crippen LogP contribution in [0.4, 0.5) is 0 Å². The average Bonchev–Trinajstić information content (AvgIpc) is 4.12. The fourth-order valence-corrected chi connectivity index (χ4v) is 9.28. The van der Waals surface area contributed by atoms with Crippen LogP contribution in [0.2, 0.25) is 0 Å². The van der Waals surface area contributed by atoms with Gasteiger partial charge in [0, 0.05) is 86.6 Å². The normalized spacial score (nSPS) is 14.6. The first-order valence-electron chi connectivity index (χ1n) is 20.3. The molecule has 0 atom stereocenters. The second-order valence-electron chi connectivity index (χ2n) is 15.6. The monoisotopic (exact) mass is 852 g/mol. The number of ether oxygens (including phenoxy) is 2. The Balaban J connectivity index is 0.000000194. The zero-order chi connectivity index (χ0) is 42.8. The van der Waals surface area contributed by atoms with Gasteiger partial charge in [-0.05, 0) is 127 Å². The maximum absolute atomic E-state index is 13.4. The zero-order valence-electron chi connectivity index (χ0n) is 35.3. The first kappa shape index (κ1) is 44.1. The summed E-state index contributed by atoms with van der Waals surface area (Å²) in [6.45, 7) is 3.02. The Morgan fingerprint density at radius 3 is 1.68 bits per heavy atom. The number of likely N-dealkylation sites (tertiary alicyclic amines) is 2. The molecule has 2 aromatic carbocycles. The number of benzene rings is 2. The number of aromatic amines is 2. The lowest BCUT2D eigenvalue weighted by atomic mass is 9.91. The fraction of sp³-hybridized carbons (Fsp3) is 0.391. The number of hydrogen-bond acceptors (Lipinski definition) is 9. The molecular formula is C46H56N6O6S2. The van der Waals surface area contributed by atoms with Crippen molar-refractivity contribution >= 4 is 68.0 Å². The largest absolute Gasteiger partial charge is 0.496 e. The van der Waals surface area contributed by atoms with E-state index in [0.717, 1.165) is 62.5 Å². The second-order valence-corrected chi connectivity index (χ2v) is 17.1. The molecule has 8 rings (SSSR count). The van der Waals surface area contributed by atoms with Gasteiger partial charge < -0.3 is 39.5 Å². The van der Waals surface area contributed by atoms with E-state index in [2.05, 4.69) is 48.9 Å². The zero-order valence-corrected chi connectivity index (χ0v) is 37.0. The maximum atomic E-state index is 13.4. The molecule has 0 saturated carbocycles. The molecule has 2 aliphatic rings. The van der Waals surface area contributed by atoms with E-state index < -0.39 is 11.7 Å². The summed E-state index contributed by atoms with van der Waals surface area (Å²) in [6.07, 6.45) is 9.62. The standard InChI is InChI=1S/C24H27N3O4S.C20H22N2O2S.C2H7N/c1-26(2)24(30)22(28)19-13-25-20-12-21(31-3)18(11-17(19)20)23(29)27-7-4-15(5-8-27)10-16-6-9-32-14-16;1-24-19-12-18-16(2-6-21-18)11-17(19)20(23)22-7-3-14(4-8-22)10-15-5-9-25-13-15;1-3-2/h6,9,11-15,25H,4-5,7-8,10H2,1-3H3;2,5-6,9,11-14,21H,3-4,7-8,10H2,1H3;3H,1-2H3. The van der Waals surface area contributed by atoms with Crippen LogP contribution in [-0.4, -0.2) is 117 Å². The van der Waals surface area contributed by atoms with Crippen molar-refractivity contribution in [3.8, 4) is 11.5 Å². The van der Waals surface area contributed by atoms with Gasteiger partial charge in [-0.2, -0.15) is 22.7 Å².